The number of benzene rings is 2. The largest absolute Gasteiger partial charge is 0.497 e. The maximum atomic E-state index is 8.01. The molecular weight excluding hydrogens is 1140 g/mol. The fourth-order valence-corrected chi connectivity index (χ4v) is 25.7. The topological polar surface area (TPSA) is 111 Å². The minimum absolute atomic E-state index is 0.0213. The Balaban J connectivity index is 1.52. The monoisotopic (exact) mass is 1260 g/mol. The lowest BCUT2D eigenvalue weighted by Crippen LogP contribution is -2.61. The van der Waals surface area contributed by atoms with Gasteiger partial charge in [-0.3, -0.25) is 0 Å². The molecule has 12 nitrogen and oxygen atoms in total. The molecule has 3 fully saturated rings. The molecule has 0 saturated carbocycles. The number of hydrogen-bond donors (Lipinski definition) is 0. The van der Waals surface area contributed by atoms with Gasteiger partial charge in [0.25, 0.3) is 0 Å². The molecular formula is C67H121ClO12Si4. The number of halogens is 1. The summed E-state index contributed by atoms with van der Waals surface area (Å²) in [4.78, 5) is 0. The van der Waals surface area contributed by atoms with Gasteiger partial charge in [0, 0.05) is 52.6 Å². The smallest absolute Gasteiger partial charge is 0.192 e. The molecule has 2 aromatic rings. The van der Waals surface area contributed by atoms with Crippen molar-refractivity contribution in [1.82, 2.24) is 0 Å². The van der Waals surface area contributed by atoms with E-state index in [1.54, 1.807) is 14.2 Å². The summed E-state index contributed by atoms with van der Waals surface area (Å²) in [5, 5.41) is -0.398. The van der Waals surface area contributed by atoms with Gasteiger partial charge in [-0.2, -0.15) is 0 Å². The third-order valence-electron chi connectivity index (χ3n) is 21.2. The van der Waals surface area contributed by atoms with Crippen LogP contribution in [0.15, 0.2) is 54.6 Å². The van der Waals surface area contributed by atoms with Crippen LogP contribution in [0.1, 0.15) is 166 Å². The van der Waals surface area contributed by atoms with E-state index in [-0.39, 0.29) is 48.5 Å². The fourth-order valence-electron chi connectivity index (χ4n) is 14.0. The highest BCUT2D eigenvalue weighted by atomic mass is 35.5. The summed E-state index contributed by atoms with van der Waals surface area (Å²) in [7, 11) is -3.12. The molecule has 0 amide bonds. The zero-order valence-electron chi connectivity index (χ0n) is 56.0. The molecule has 3 heterocycles. The van der Waals surface area contributed by atoms with Crippen molar-refractivity contribution in [1.29, 1.82) is 0 Å². The second-order valence-electron chi connectivity index (χ2n) is 25.3. The Morgan fingerprint density at radius 3 is 1.71 bits per heavy atom. The van der Waals surface area contributed by atoms with E-state index in [1.807, 2.05) is 25.3 Å². The number of methoxy groups -OCH3 is 3. The quantitative estimate of drug-likeness (QED) is 0.0359. The average Bonchev–Trinajstić information content (AvgIpc) is 2.44. The van der Waals surface area contributed by atoms with Crippen LogP contribution in [0.3, 0.4) is 0 Å². The SMILES string of the molecule is CC[Si](CC)(CC)OCCC[C@H](OC)[C@H](OCc1ccc(OC)cc1)[C@H](O[Si](CC)(CC)CC)[C@@H](O[Si](CC)(CC)CC)[C@@H](C)CC[C@H]1O[C@@]2(CC[C@H](C)[C@]3(C[C@H](O[Si](CC)(CC)CC)[C@H](CCOCc4ccccc4)O3)O2)C[C@@H](OC)[C@@H]1Cl. The first-order valence-corrected chi connectivity index (χ1v) is 44.2. The minimum atomic E-state index is -2.34. The Kier molecular flexibility index (Phi) is 31.2. The zero-order valence-corrected chi connectivity index (χ0v) is 60.8. The van der Waals surface area contributed by atoms with Crippen LogP contribution >= 0.6 is 11.6 Å². The Labute approximate surface area is 521 Å². The van der Waals surface area contributed by atoms with Crippen LogP contribution in [0.4, 0.5) is 0 Å². The summed E-state index contributed by atoms with van der Waals surface area (Å²) >= 11 is 7.64. The first kappa shape index (κ1) is 73.7. The average molecular weight is 1270 g/mol. The maximum absolute atomic E-state index is 8.01. The van der Waals surface area contributed by atoms with Crippen LogP contribution < -0.4 is 4.74 Å². The van der Waals surface area contributed by atoms with E-state index in [0.29, 0.717) is 52.1 Å². The van der Waals surface area contributed by atoms with Crippen LogP contribution in [0.2, 0.25) is 72.5 Å². The number of ether oxygens (including phenoxy) is 8. The summed E-state index contributed by atoms with van der Waals surface area (Å²) in [5.41, 5.74) is 2.23. The van der Waals surface area contributed by atoms with Crippen molar-refractivity contribution < 1.29 is 55.6 Å². The Hall–Kier alpha value is -1.04. The lowest BCUT2D eigenvalue weighted by Gasteiger charge is -2.54. The van der Waals surface area contributed by atoms with Crippen LogP contribution in [-0.4, -0.2) is 134 Å². The van der Waals surface area contributed by atoms with Gasteiger partial charge in [-0.05, 0) is 140 Å². The first-order valence-electron chi connectivity index (χ1n) is 33.7. The van der Waals surface area contributed by atoms with Crippen LogP contribution in [0, 0.1) is 11.8 Å². The standard InChI is InChI=1S/C67H121ClO12Si4/c1-18-81(19-2,20-3)74-46-33-36-59(70-16)64(73-51-55-38-40-56(69-15)41-39-55)65(79-84(27-10,28-11)29-12)63(78-83(24-7,25-8)26-9)52(13)37-42-58-62(68)61(71-17)48-66(75-58)45-43-53(14)67(80-66)49-60(77-82(21-4,22-5)23-6)57(76-67)44-47-72-50-54-34-31-30-32-35-54/h30-32,34-35,38-41,52-53,57-65H,18-29,33,36-37,42-51H2,1-17H3/t52-,53-,57-,58+,59-,60-,61+,62+,63-,64-,65+,66+,67-/m0/s1. The third-order valence-corrected chi connectivity index (χ3v) is 40.4. The number of alkyl halides is 1. The molecule has 0 radical (unpaired) electrons. The van der Waals surface area contributed by atoms with Crippen molar-refractivity contribution >= 4 is 44.9 Å². The Morgan fingerprint density at radius 1 is 0.595 bits per heavy atom. The van der Waals surface area contributed by atoms with Gasteiger partial charge in [0.05, 0.1) is 68.4 Å². The summed E-state index contributed by atoms with van der Waals surface area (Å²) in [6.45, 7) is 34.7. The Bertz CT molecular complexity index is 2070. The van der Waals surface area contributed by atoms with Crippen LogP contribution in [-0.2, 0) is 64.1 Å². The molecule has 484 valence electrons. The van der Waals surface area contributed by atoms with E-state index < -0.39 is 62.4 Å². The van der Waals surface area contributed by atoms with E-state index in [4.69, 9.17) is 67.2 Å². The molecule has 0 N–H and O–H groups in total. The lowest BCUT2D eigenvalue weighted by atomic mass is 9.82. The molecule has 0 aromatic heterocycles. The second-order valence-corrected chi connectivity index (χ2v) is 44.7. The van der Waals surface area contributed by atoms with E-state index in [0.717, 1.165) is 122 Å². The Morgan fingerprint density at radius 2 is 1.17 bits per heavy atom. The van der Waals surface area contributed by atoms with Gasteiger partial charge in [0.2, 0.25) is 0 Å². The van der Waals surface area contributed by atoms with Crippen molar-refractivity contribution in [3.8, 4) is 5.75 Å². The highest BCUT2D eigenvalue weighted by molar-refractivity contribution is 6.75. The fraction of sp³-hybridized carbons (Fsp3) is 0.821. The molecule has 84 heavy (non-hydrogen) atoms. The summed E-state index contributed by atoms with van der Waals surface area (Å²) in [6, 6.07) is 31.2. The predicted molar refractivity (Wildman–Crippen MR) is 354 cm³/mol. The van der Waals surface area contributed by atoms with Gasteiger partial charge < -0.3 is 55.6 Å². The van der Waals surface area contributed by atoms with E-state index in [1.165, 1.54) is 0 Å². The summed E-state index contributed by atoms with van der Waals surface area (Å²) < 4.78 is 85.1. The van der Waals surface area contributed by atoms with Gasteiger partial charge in [-0.25, -0.2) is 0 Å². The van der Waals surface area contributed by atoms with Crippen molar-refractivity contribution in [3.05, 3.63) is 65.7 Å². The molecule has 0 bridgehead atoms. The molecule has 17 heteroatoms. The van der Waals surface area contributed by atoms with E-state index in [2.05, 4.69) is 133 Å². The van der Waals surface area contributed by atoms with Gasteiger partial charge >= 0.3 is 0 Å². The normalized spacial score (nSPS) is 26.2. The van der Waals surface area contributed by atoms with Gasteiger partial charge in [-0.15, -0.1) is 11.6 Å². The van der Waals surface area contributed by atoms with E-state index >= 15 is 0 Å². The molecule has 3 aliphatic heterocycles. The molecule has 0 aliphatic carbocycles. The molecule has 5 rings (SSSR count). The lowest BCUT2D eigenvalue weighted by molar-refractivity contribution is -0.414. The third kappa shape index (κ3) is 19.0. The molecule has 3 aliphatic rings. The molecule has 13 atom stereocenters. The second kappa shape index (κ2) is 35.5. The first-order chi connectivity index (χ1) is 40.4. The minimum Gasteiger partial charge on any atom is -0.497 e. The molecule has 2 aromatic carbocycles. The van der Waals surface area contributed by atoms with Gasteiger partial charge in [0.1, 0.15) is 11.9 Å². The predicted octanol–water partition coefficient (Wildman–Crippen LogP) is 17.6. The highest BCUT2D eigenvalue weighted by Crippen LogP contribution is 2.54. The zero-order chi connectivity index (χ0) is 61.6. The van der Waals surface area contributed by atoms with Crippen LogP contribution in [0.25, 0.3) is 0 Å². The van der Waals surface area contributed by atoms with Crippen molar-refractivity contribution in [2.75, 3.05) is 34.5 Å². The highest BCUT2D eigenvalue weighted by Gasteiger charge is 2.62. The number of rotatable bonds is 41. The van der Waals surface area contributed by atoms with Crippen molar-refractivity contribution in [3.63, 3.8) is 0 Å². The molecule has 2 spiro atoms. The van der Waals surface area contributed by atoms with Gasteiger partial charge in [-0.1, -0.05) is 139 Å². The molecule has 0 unspecified atom stereocenters. The van der Waals surface area contributed by atoms with E-state index in [9.17, 15) is 0 Å². The summed E-state index contributed by atoms with van der Waals surface area (Å²) in [6.07, 6.45) is 4.17. The van der Waals surface area contributed by atoms with Crippen molar-refractivity contribution in [2.24, 2.45) is 11.8 Å². The van der Waals surface area contributed by atoms with Crippen molar-refractivity contribution in [2.45, 2.75) is 306 Å². The van der Waals surface area contributed by atoms with Crippen LogP contribution in [0.5, 0.6) is 5.75 Å². The summed E-state index contributed by atoms with van der Waals surface area (Å²) in [5.74, 6) is -0.908. The molecule has 3 saturated heterocycles. The van der Waals surface area contributed by atoms with Gasteiger partial charge in [0.15, 0.2) is 44.8 Å². The number of hydrogen-bond acceptors (Lipinski definition) is 12. The maximum Gasteiger partial charge on any atom is 0.192 e.